The topological polar surface area (TPSA) is 60.9 Å². The van der Waals surface area contributed by atoms with E-state index in [0.29, 0.717) is 21.8 Å². The minimum Gasteiger partial charge on any atom is -0.383 e. The Morgan fingerprint density at radius 1 is 1.18 bits per heavy atom. The van der Waals surface area contributed by atoms with Crippen molar-refractivity contribution in [3.63, 3.8) is 0 Å². The molecule has 110 valence electrons. The van der Waals surface area contributed by atoms with Crippen LogP contribution in [0.4, 0.5) is 5.82 Å². The monoisotopic (exact) mass is 375 g/mol. The minimum absolute atomic E-state index is 0.168. The Bertz CT molecular complexity index is 843. The van der Waals surface area contributed by atoms with Crippen molar-refractivity contribution in [3.8, 4) is 5.69 Å². The maximum Gasteiger partial charge on any atom is 0.198 e. The molecule has 0 aliphatic carbocycles. The van der Waals surface area contributed by atoms with Crippen molar-refractivity contribution in [1.82, 2.24) is 9.78 Å². The van der Waals surface area contributed by atoms with Crippen LogP contribution in [0.1, 0.15) is 15.9 Å². The van der Waals surface area contributed by atoms with E-state index in [9.17, 15) is 4.79 Å². The average molecular weight is 377 g/mol. The number of aromatic nitrogens is 2. The molecule has 2 aromatic carbocycles. The van der Waals surface area contributed by atoms with Crippen molar-refractivity contribution < 1.29 is 4.79 Å². The second-order valence-electron chi connectivity index (χ2n) is 4.67. The highest BCUT2D eigenvalue weighted by molar-refractivity contribution is 9.10. The van der Waals surface area contributed by atoms with Crippen LogP contribution in [0, 0.1) is 0 Å². The fourth-order valence-corrected chi connectivity index (χ4v) is 2.55. The van der Waals surface area contributed by atoms with Crippen molar-refractivity contribution in [2.24, 2.45) is 0 Å². The number of rotatable bonds is 3. The van der Waals surface area contributed by atoms with Crippen molar-refractivity contribution in [1.29, 1.82) is 0 Å². The molecular formula is C16H11BrClN3O. The van der Waals surface area contributed by atoms with Gasteiger partial charge in [0.05, 0.1) is 17.4 Å². The summed E-state index contributed by atoms with van der Waals surface area (Å²) in [6.45, 7) is 0. The summed E-state index contributed by atoms with van der Waals surface area (Å²) in [6.07, 6.45) is 1.47. The van der Waals surface area contributed by atoms with Gasteiger partial charge in [0, 0.05) is 15.1 Å². The normalized spacial score (nSPS) is 10.6. The lowest BCUT2D eigenvalue weighted by Gasteiger charge is -2.05. The molecule has 1 aromatic heterocycles. The zero-order chi connectivity index (χ0) is 15.7. The van der Waals surface area contributed by atoms with Crippen LogP contribution in [-0.2, 0) is 0 Å². The first-order valence-electron chi connectivity index (χ1n) is 6.46. The first kappa shape index (κ1) is 14.8. The summed E-state index contributed by atoms with van der Waals surface area (Å²) >= 11 is 9.32. The van der Waals surface area contributed by atoms with E-state index in [0.717, 1.165) is 4.47 Å². The minimum atomic E-state index is -0.168. The third-order valence-electron chi connectivity index (χ3n) is 3.21. The molecule has 0 unspecified atom stereocenters. The third kappa shape index (κ3) is 2.77. The van der Waals surface area contributed by atoms with Crippen molar-refractivity contribution in [2.45, 2.75) is 0 Å². The maximum absolute atomic E-state index is 12.5. The molecule has 0 bridgehead atoms. The number of nitrogens with two attached hydrogens (primary N) is 1. The second-order valence-corrected chi connectivity index (χ2v) is 6.02. The van der Waals surface area contributed by atoms with Gasteiger partial charge in [-0.05, 0) is 42.5 Å². The van der Waals surface area contributed by atoms with Gasteiger partial charge in [-0.3, -0.25) is 4.79 Å². The van der Waals surface area contributed by atoms with E-state index in [2.05, 4.69) is 21.0 Å². The molecule has 0 saturated carbocycles. The van der Waals surface area contributed by atoms with Crippen LogP contribution in [0.15, 0.2) is 59.2 Å². The lowest BCUT2D eigenvalue weighted by Crippen LogP contribution is -2.07. The molecular weight excluding hydrogens is 366 g/mol. The Labute approximate surface area is 140 Å². The van der Waals surface area contributed by atoms with Gasteiger partial charge in [0.2, 0.25) is 0 Å². The molecule has 0 atom stereocenters. The number of benzene rings is 2. The molecule has 2 N–H and O–H groups in total. The van der Waals surface area contributed by atoms with E-state index in [-0.39, 0.29) is 11.6 Å². The van der Waals surface area contributed by atoms with Crippen LogP contribution in [0.2, 0.25) is 5.02 Å². The highest BCUT2D eigenvalue weighted by Gasteiger charge is 2.17. The van der Waals surface area contributed by atoms with Crippen LogP contribution in [-0.4, -0.2) is 15.6 Å². The van der Waals surface area contributed by atoms with Crippen molar-refractivity contribution in [2.75, 3.05) is 5.73 Å². The van der Waals surface area contributed by atoms with Crippen molar-refractivity contribution >= 4 is 39.1 Å². The Hall–Kier alpha value is -2.11. The van der Waals surface area contributed by atoms with E-state index in [1.54, 1.807) is 30.3 Å². The SMILES string of the molecule is Nc1c(C(=O)c2ccc(Br)cc2)cnn1-c1cccc(Cl)c1. The summed E-state index contributed by atoms with van der Waals surface area (Å²) in [5.41, 5.74) is 7.71. The molecule has 1 heterocycles. The molecule has 0 aliphatic rings. The van der Waals surface area contributed by atoms with Gasteiger partial charge in [0.25, 0.3) is 0 Å². The summed E-state index contributed by atoms with van der Waals surface area (Å²) < 4.78 is 2.41. The zero-order valence-corrected chi connectivity index (χ0v) is 13.7. The highest BCUT2D eigenvalue weighted by Crippen LogP contribution is 2.22. The summed E-state index contributed by atoms with van der Waals surface area (Å²) in [5, 5.41) is 4.77. The van der Waals surface area contributed by atoms with Gasteiger partial charge in [-0.2, -0.15) is 5.10 Å². The Morgan fingerprint density at radius 3 is 2.59 bits per heavy atom. The van der Waals surface area contributed by atoms with Gasteiger partial charge in [0.15, 0.2) is 5.78 Å². The van der Waals surface area contributed by atoms with Gasteiger partial charge < -0.3 is 5.73 Å². The van der Waals surface area contributed by atoms with Crippen LogP contribution < -0.4 is 5.73 Å². The predicted octanol–water partition coefficient (Wildman–Crippen LogP) is 4.10. The molecule has 0 saturated heterocycles. The summed E-state index contributed by atoms with van der Waals surface area (Å²) in [7, 11) is 0. The summed E-state index contributed by atoms with van der Waals surface area (Å²) in [5.74, 6) is 0.119. The van der Waals surface area contributed by atoms with Crippen LogP contribution in [0.5, 0.6) is 0 Å². The molecule has 3 rings (SSSR count). The molecule has 0 radical (unpaired) electrons. The fraction of sp³-hybridized carbons (Fsp3) is 0. The van der Waals surface area contributed by atoms with E-state index in [1.807, 2.05) is 18.2 Å². The van der Waals surface area contributed by atoms with E-state index < -0.39 is 0 Å². The molecule has 3 aromatic rings. The van der Waals surface area contributed by atoms with Gasteiger partial charge in [0.1, 0.15) is 5.82 Å². The maximum atomic E-state index is 12.5. The van der Waals surface area contributed by atoms with Crippen molar-refractivity contribution in [3.05, 3.63) is 75.4 Å². The Morgan fingerprint density at radius 2 is 1.91 bits per heavy atom. The van der Waals surface area contributed by atoms with Crippen LogP contribution in [0.3, 0.4) is 0 Å². The number of halogens is 2. The molecule has 0 spiro atoms. The first-order chi connectivity index (χ1) is 10.6. The molecule has 0 fully saturated rings. The molecule has 0 amide bonds. The van der Waals surface area contributed by atoms with E-state index in [1.165, 1.54) is 10.9 Å². The predicted molar refractivity (Wildman–Crippen MR) is 90.6 cm³/mol. The summed E-state index contributed by atoms with van der Waals surface area (Å²) in [6, 6.07) is 14.2. The van der Waals surface area contributed by atoms with Gasteiger partial charge >= 0.3 is 0 Å². The number of hydrogen-bond donors (Lipinski definition) is 1. The van der Waals surface area contributed by atoms with Gasteiger partial charge in [-0.15, -0.1) is 0 Å². The van der Waals surface area contributed by atoms with Crippen LogP contribution in [0.25, 0.3) is 5.69 Å². The van der Waals surface area contributed by atoms with Crippen LogP contribution >= 0.6 is 27.5 Å². The molecule has 22 heavy (non-hydrogen) atoms. The Kier molecular flexibility index (Phi) is 4.00. The van der Waals surface area contributed by atoms with Gasteiger partial charge in [-0.25, -0.2) is 4.68 Å². The highest BCUT2D eigenvalue weighted by atomic mass is 79.9. The number of nitrogen functional groups attached to an aromatic ring is 1. The molecule has 0 aliphatic heterocycles. The first-order valence-corrected chi connectivity index (χ1v) is 7.63. The third-order valence-corrected chi connectivity index (χ3v) is 3.97. The summed E-state index contributed by atoms with van der Waals surface area (Å²) in [4.78, 5) is 12.5. The lowest BCUT2D eigenvalue weighted by molar-refractivity contribution is 0.103. The number of nitrogens with zero attached hydrogens (tertiary/aromatic N) is 2. The average Bonchev–Trinajstić information content (AvgIpc) is 2.89. The largest absolute Gasteiger partial charge is 0.383 e. The zero-order valence-electron chi connectivity index (χ0n) is 11.3. The number of hydrogen-bond acceptors (Lipinski definition) is 3. The molecule has 6 heteroatoms. The number of ketones is 1. The second kappa shape index (κ2) is 5.94. The lowest BCUT2D eigenvalue weighted by atomic mass is 10.1. The smallest absolute Gasteiger partial charge is 0.198 e. The van der Waals surface area contributed by atoms with Gasteiger partial charge in [-0.1, -0.05) is 33.6 Å². The Balaban J connectivity index is 2.00. The quantitative estimate of drug-likeness (QED) is 0.700. The molecule has 4 nitrogen and oxygen atoms in total. The standard InChI is InChI=1S/C16H11BrClN3O/c17-11-6-4-10(5-7-11)15(22)14-9-20-21(16(14)19)13-3-1-2-12(18)8-13/h1-9H,19H2. The number of carbonyl (C=O) groups is 1. The number of anilines is 1. The number of carbonyl (C=O) groups excluding carboxylic acids is 1. The van der Waals surface area contributed by atoms with E-state index >= 15 is 0 Å². The van der Waals surface area contributed by atoms with E-state index in [4.69, 9.17) is 17.3 Å². The fourth-order valence-electron chi connectivity index (χ4n) is 2.10.